The average molecular weight is 284 g/mol. The summed E-state index contributed by atoms with van der Waals surface area (Å²) in [6, 6.07) is 6.40. The van der Waals surface area contributed by atoms with Crippen LogP contribution in [-0.2, 0) is 4.74 Å². The number of aryl methyl sites for hydroxylation is 1. The van der Waals surface area contributed by atoms with Gasteiger partial charge in [0.25, 0.3) is 0 Å². The van der Waals surface area contributed by atoms with Gasteiger partial charge in [-0.1, -0.05) is 6.07 Å². The van der Waals surface area contributed by atoms with Gasteiger partial charge in [0, 0.05) is 23.3 Å². The fourth-order valence-corrected chi connectivity index (χ4v) is 2.62. The Kier molecular flexibility index (Phi) is 4.24. The van der Waals surface area contributed by atoms with Gasteiger partial charge in [-0.3, -0.25) is 0 Å². The number of halogens is 1. The Hall–Kier alpha value is -0.540. The van der Waals surface area contributed by atoms with E-state index < -0.39 is 0 Å². The number of hydrogen-bond donors (Lipinski definition) is 1. The maximum absolute atomic E-state index is 5.47. The van der Waals surface area contributed by atoms with E-state index in [4.69, 9.17) is 4.74 Å². The summed E-state index contributed by atoms with van der Waals surface area (Å²) in [6.07, 6.45) is 2.47. The molecule has 0 saturated carbocycles. The second-order valence-corrected chi connectivity index (χ2v) is 5.30. The van der Waals surface area contributed by atoms with Crippen molar-refractivity contribution < 1.29 is 4.74 Å². The molecule has 1 unspecified atom stereocenters. The zero-order chi connectivity index (χ0) is 11.4. The molecule has 1 aliphatic heterocycles. The molecule has 1 heterocycles. The van der Waals surface area contributed by atoms with Crippen LogP contribution in [0.5, 0.6) is 0 Å². The van der Waals surface area contributed by atoms with Gasteiger partial charge in [0.1, 0.15) is 0 Å². The van der Waals surface area contributed by atoms with Crippen LogP contribution < -0.4 is 5.32 Å². The van der Waals surface area contributed by atoms with Gasteiger partial charge in [0.2, 0.25) is 0 Å². The van der Waals surface area contributed by atoms with E-state index in [1.807, 2.05) is 0 Å². The second-order valence-electron chi connectivity index (χ2n) is 4.45. The number of rotatable bonds is 3. The molecule has 1 N–H and O–H groups in total. The highest BCUT2D eigenvalue weighted by Gasteiger charge is 2.13. The van der Waals surface area contributed by atoms with Crippen LogP contribution in [0.1, 0.15) is 18.4 Å². The molecule has 1 fully saturated rings. The number of ether oxygens (including phenoxy) is 1. The molecule has 0 radical (unpaired) electrons. The summed E-state index contributed by atoms with van der Waals surface area (Å²) in [5.74, 6) is 0.655. The summed E-state index contributed by atoms with van der Waals surface area (Å²) in [5, 5.41) is 3.48. The molecule has 0 bridgehead atoms. The maximum Gasteiger partial charge on any atom is 0.0511 e. The van der Waals surface area contributed by atoms with E-state index in [9.17, 15) is 0 Å². The van der Waals surface area contributed by atoms with Crippen molar-refractivity contribution in [2.75, 3.05) is 25.1 Å². The fraction of sp³-hybridized carbons (Fsp3) is 0.538. The zero-order valence-corrected chi connectivity index (χ0v) is 11.2. The fourth-order valence-electron chi connectivity index (χ4n) is 1.99. The first-order chi connectivity index (χ1) is 7.75. The third-order valence-electron chi connectivity index (χ3n) is 2.96. The Morgan fingerprint density at radius 1 is 1.50 bits per heavy atom. The van der Waals surface area contributed by atoms with Gasteiger partial charge in [-0.2, -0.15) is 0 Å². The molecule has 1 atom stereocenters. The van der Waals surface area contributed by atoms with Gasteiger partial charge in [-0.25, -0.2) is 0 Å². The van der Waals surface area contributed by atoms with E-state index in [-0.39, 0.29) is 0 Å². The molecule has 1 aromatic carbocycles. The molecule has 0 spiro atoms. The van der Waals surface area contributed by atoms with Crippen LogP contribution in [0.2, 0.25) is 0 Å². The summed E-state index contributed by atoms with van der Waals surface area (Å²) in [7, 11) is 0. The minimum Gasteiger partial charge on any atom is -0.384 e. The molecule has 0 aromatic heterocycles. The molecule has 2 nitrogen and oxygen atoms in total. The summed E-state index contributed by atoms with van der Waals surface area (Å²) in [4.78, 5) is 0. The van der Waals surface area contributed by atoms with Crippen molar-refractivity contribution in [2.24, 2.45) is 5.92 Å². The molecule has 1 aromatic rings. The van der Waals surface area contributed by atoms with Crippen molar-refractivity contribution in [3.63, 3.8) is 0 Å². The molecule has 88 valence electrons. The first-order valence-corrected chi connectivity index (χ1v) is 6.63. The SMILES string of the molecule is Cc1ccc(NCC2CCCOC2)c(Br)c1. The van der Waals surface area contributed by atoms with Gasteiger partial charge in [-0.05, 0) is 59.3 Å². The van der Waals surface area contributed by atoms with E-state index in [1.54, 1.807) is 0 Å². The van der Waals surface area contributed by atoms with Crippen LogP contribution in [0.25, 0.3) is 0 Å². The molecule has 0 amide bonds. The molecular weight excluding hydrogens is 266 g/mol. The Morgan fingerprint density at radius 3 is 3.06 bits per heavy atom. The van der Waals surface area contributed by atoms with Gasteiger partial charge in [0.05, 0.1) is 6.61 Å². The number of benzene rings is 1. The lowest BCUT2D eigenvalue weighted by Crippen LogP contribution is -2.24. The minimum absolute atomic E-state index is 0.655. The zero-order valence-electron chi connectivity index (χ0n) is 9.63. The monoisotopic (exact) mass is 283 g/mol. The van der Waals surface area contributed by atoms with E-state index in [2.05, 4.69) is 46.4 Å². The van der Waals surface area contributed by atoms with Crippen LogP contribution in [-0.4, -0.2) is 19.8 Å². The van der Waals surface area contributed by atoms with Crippen LogP contribution in [0.15, 0.2) is 22.7 Å². The van der Waals surface area contributed by atoms with Crippen molar-refractivity contribution in [2.45, 2.75) is 19.8 Å². The van der Waals surface area contributed by atoms with Crippen LogP contribution in [0, 0.1) is 12.8 Å². The van der Waals surface area contributed by atoms with Crippen molar-refractivity contribution in [1.29, 1.82) is 0 Å². The number of anilines is 1. The summed E-state index contributed by atoms with van der Waals surface area (Å²) in [5.41, 5.74) is 2.45. The Bertz CT molecular complexity index is 348. The molecule has 3 heteroatoms. The normalized spacial score (nSPS) is 20.8. The molecule has 0 aliphatic carbocycles. The highest BCUT2D eigenvalue weighted by molar-refractivity contribution is 9.10. The minimum atomic E-state index is 0.655. The van der Waals surface area contributed by atoms with E-state index in [0.29, 0.717) is 5.92 Å². The van der Waals surface area contributed by atoms with Crippen LogP contribution >= 0.6 is 15.9 Å². The molecule has 1 saturated heterocycles. The van der Waals surface area contributed by atoms with E-state index >= 15 is 0 Å². The molecular formula is C13H18BrNO. The van der Waals surface area contributed by atoms with Crippen molar-refractivity contribution in [1.82, 2.24) is 0 Å². The Labute approximate surface area is 106 Å². The predicted octanol–water partition coefficient (Wildman–Crippen LogP) is 3.60. The number of hydrogen-bond acceptors (Lipinski definition) is 2. The predicted molar refractivity (Wildman–Crippen MR) is 70.9 cm³/mol. The highest BCUT2D eigenvalue weighted by Crippen LogP contribution is 2.24. The Morgan fingerprint density at radius 2 is 2.38 bits per heavy atom. The smallest absolute Gasteiger partial charge is 0.0511 e. The van der Waals surface area contributed by atoms with Crippen molar-refractivity contribution in [3.05, 3.63) is 28.2 Å². The first-order valence-electron chi connectivity index (χ1n) is 5.83. The largest absolute Gasteiger partial charge is 0.384 e. The lowest BCUT2D eigenvalue weighted by molar-refractivity contribution is 0.0595. The van der Waals surface area contributed by atoms with Crippen molar-refractivity contribution >= 4 is 21.6 Å². The molecule has 16 heavy (non-hydrogen) atoms. The Balaban J connectivity index is 1.88. The summed E-state index contributed by atoms with van der Waals surface area (Å²) >= 11 is 3.58. The second kappa shape index (κ2) is 5.69. The molecule has 2 rings (SSSR count). The first kappa shape index (κ1) is 11.9. The maximum atomic E-state index is 5.47. The highest BCUT2D eigenvalue weighted by atomic mass is 79.9. The van der Waals surface area contributed by atoms with E-state index in [0.717, 1.165) is 24.2 Å². The van der Waals surface area contributed by atoms with E-state index in [1.165, 1.54) is 24.1 Å². The van der Waals surface area contributed by atoms with Gasteiger partial charge in [0.15, 0.2) is 0 Å². The topological polar surface area (TPSA) is 21.3 Å². The summed E-state index contributed by atoms with van der Waals surface area (Å²) < 4.78 is 6.61. The third kappa shape index (κ3) is 3.22. The number of nitrogens with one attached hydrogen (secondary N) is 1. The van der Waals surface area contributed by atoms with Crippen LogP contribution in [0.3, 0.4) is 0 Å². The van der Waals surface area contributed by atoms with Gasteiger partial charge in [-0.15, -0.1) is 0 Å². The lowest BCUT2D eigenvalue weighted by atomic mass is 10.0. The van der Waals surface area contributed by atoms with Gasteiger partial charge < -0.3 is 10.1 Å². The van der Waals surface area contributed by atoms with Crippen molar-refractivity contribution in [3.8, 4) is 0 Å². The quantitative estimate of drug-likeness (QED) is 0.915. The average Bonchev–Trinajstić information content (AvgIpc) is 2.29. The van der Waals surface area contributed by atoms with Gasteiger partial charge >= 0.3 is 0 Å². The lowest BCUT2D eigenvalue weighted by Gasteiger charge is -2.23. The standard InChI is InChI=1S/C13H18BrNO/c1-10-4-5-13(12(14)7-10)15-8-11-3-2-6-16-9-11/h4-5,7,11,15H,2-3,6,8-9H2,1H3. The van der Waals surface area contributed by atoms with Crippen LogP contribution in [0.4, 0.5) is 5.69 Å². The summed E-state index contributed by atoms with van der Waals surface area (Å²) in [6.45, 7) is 4.94. The molecule has 1 aliphatic rings. The third-order valence-corrected chi connectivity index (χ3v) is 3.62.